The molecule has 102 valence electrons. The van der Waals surface area contributed by atoms with Crippen molar-refractivity contribution in [1.82, 2.24) is 5.06 Å². The standard InChI is InChI=1S/C11H16Cl2N2O3/c12-5-7-14(18-8-6-13)9-10-1-3-11(4-2-10)15(16)17/h1-4,15-16H,5-9H2. The average molecular weight is 295 g/mol. The number of benzene rings is 1. The number of quaternary nitrogens is 1. The predicted octanol–water partition coefficient (Wildman–Crippen LogP) is 1.30. The van der Waals surface area contributed by atoms with Crippen LogP contribution in [-0.2, 0) is 11.4 Å². The lowest BCUT2D eigenvalue weighted by atomic mass is 10.2. The Morgan fingerprint density at radius 3 is 2.39 bits per heavy atom. The van der Waals surface area contributed by atoms with Gasteiger partial charge >= 0.3 is 0 Å². The molecule has 0 aromatic heterocycles. The lowest BCUT2D eigenvalue weighted by Crippen LogP contribution is -2.99. The first-order valence-corrected chi connectivity index (χ1v) is 6.56. The molecule has 0 spiro atoms. The lowest BCUT2D eigenvalue weighted by molar-refractivity contribution is -0.991. The second-order valence-corrected chi connectivity index (χ2v) is 4.33. The first kappa shape index (κ1) is 15.7. The summed E-state index contributed by atoms with van der Waals surface area (Å²) in [5, 5.41) is 20.3. The molecule has 0 fully saturated rings. The fraction of sp³-hybridized carbons (Fsp3) is 0.455. The van der Waals surface area contributed by atoms with Crippen LogP contribution in [0.5, 0.6) is 0 Å². The molecule has 0 aliphatic heterocycles. The van der Waals surface area contributed by atoms with Crippen molar-refractivity contribution < 1.29 is 15.3 Å². The van der Waals surface area contributed by atoms with Crippen LogP contribution in [0, 0.1) is 5.21 Å². The van der Waals surface area contributed by atoms with E-state index in [4.69, 9.17) is 33.2 Å². The van der Waals surface area contributed by atoms with E-state index in [2.05, 4.69) is 0 Å². The first-order valence-electron chi connectivity index (χ1n) is 5.49. The van der Waals surface area contributed by atoms with Gasteiger partial charge in [0.1, 0.15) is 0 Å². The van der Waals surface area contributed by atoms with Crippen LogP contribution >= 0.6 is 23.2 Å². The highest BCUT2D eigenvalue weighted by Gasteiger charge is 2.07. The van der Waals surface area contributed by atoms with Crippen LogP contribution in [0.4, 0.5) is 5.69 Å². The van der Waals surface area contributed by atoms with Gasteiger partial charge in [0.15, 0.2) is 5.69 Å². The summed E-state index contributed by atoms with van der Waals surface area (Å²) in [5.41, 5.74) is 1.23. The molecule has 2 N–H and O–H groups in total. The summed E-state index contributed by atoms with van der Waals surface area (Å²) < 4.78 is 0. The van der Waals surface area contributed by atoms with E-state index in [0.717, 1.165) is 5.56 Å². The lowest BCUT2D eigenvalue weighted by Gasteiger charge is -2.20. The van der Waals surface area contributed by atoms with Gasteiger partial charge in [-0.15, -0.1) is 23.2 Å². The number of hydrogen-bond acceptors (Lipinski definition) is 4. The van der Waals surface area contributed by atoms with Gasteiger partial charge in [-0.05, 0) is 5.56 Å². The van der Waals surface area contributed by atoms with Crippen molar-refractivity contribution in [2.45, 2.75) is 6.54 Å². The van der Waals surface area contributed by atoms with Gasteiger partial charge in [-0.2, -0.15) is 10.3 Å². The molecule has 0 aliphatic rings. The van der Waals surface area contributed by atoms with Crippen LogP contribution in [0.1, 0.15) is 5.56 Å². The fourth-order valence-electron chi connectivity index (χ4n) is 1.40. The number of alkyl halides is 2. The monoisotopic (exact) mass is 294 g/mol. The second kappa shape index (κ2) is 8.66. The largest absolute Gasteiger partial charge is 0.595 e. The van der Waals surface area contributed by atoms with Crippen LogP contribution in [-0.4, -0.2) is 35.2 Å². The summed E-state index contributed by atoms with van der Waals surface area (Å²) in [7, 11) is 0. The third-order valence-electron chi connectivity index (χ3n) is 2.24. The van der Waals surface area contributed by atoms with E-state index in [1.54, 1.807) is 29.3 Å². The Hall–Kier alpha value is -0.400. The Bertz CT molecular complexity index is 336. The van der Waals surface area contributed by atoms with E-state index in [9.17, 15) is 5.21 Å². The third kappa shape index (κ3) is 5.49. The minimum absolute atomic E-state index is 0.268. The minimum atomic E-state index is -0.933. The van der Waals surface area contributed by atoms with Crippen molar-refractivity contribution in [3.8, 4) is 0 Å². The molecule has 0 saturated carbocycles. The molecule has 1 aromatic carbocycles. The van der Waals surface area contributed by atoms with E-state index in [1.165, 1.54) is 0 Å². The predicted molar refractivity (Wildman–Crippen MR) is 70.0 cm³/mol. The highest BCUT2D eigenvalue weighted by molar-refractivity contribution is 6.18. The Morgan fingerprint density at radius 1 is 1.22 bits per heavy atom. The number of rotatable bonds is 8. The van der Waals surface area contributed by atoms with Gasteiger partial charge in [-0.3, -0.25) is 4.84 Å². The molecule has 0 bridgehead atoms. The van der Waals surface area contributed by atoms with Crippen molar-refractivity contribution in [1.29, 1.82) is 0 Å². The summed E-state index contributed by atoms with van der Waals surface area (Å²) in [4.78, 5) is 5.41. The van der Waals surface area contributed by atoms with Gasteiger partial charge in [0.2, 0.25) is 0 Å². The van der Waals surface area contributed by atoms with Crippen molar-refractivity contribution in [2.24, 2.45) is 0 Å². The van der Waals surface area contributed by atoms with Crippen molar-refractivity contribution >= 4 is 28.9 Å². The van der Waals surface area contributed by atoms with E-state index in [0.29, 0.717) is 31.5 Å². The maximum atomic E-state index is 10.7. The van der Waals surface area contributed by atoms with Crippen molar-refractivity contribution in [3.63, 3.8) is 0 Å². The van der Waals surface area contributed by atoms with Crippen LogP contribution in [0.15, 0.2) is 24.3 Å². The molecule has 0 radical (unpaired) electrons. The Labute approximate surface area is 116 Å². The summed E-state index contributed by atoms with van der Waals surface area (Å²) in [6, 6.07) is 6.65. The van der Waals surface area contributed by atoms with Gasteiger partial charge in [-0.1, -0.05) is 12.1 Å². The number of nitrogens with zero attached hydrogens (tertiary/aromatic N) is 1. The Morgan fingerprint density at radius 2 is 1.89 bits per heavy atom. The van der Waals surface area contributed by atoms with Crippen LogP contribution < -0.4 is 5.23 Å². The molecule has 1 atom stereocenters. The molecule has 1 aromatic rings. The first-order chi connectivity index (χ1) is 8.67. The summed E-state index contributed by atoms with van der Waals surface area (Å²) >= 11 is 11.2. The average Bonchev–Trinajstić information content (AvgIpc) is 2.37. The highest BCUT2D eigenvalue weighted by Crippen LogP contribution is 2.09. The summed E-state index contributed by atoms with van der Waals surface area (Å²) in [6.45, 7) is 1.55. The summed E-state index contributed by atoms with van der Waals surface area (Å²) in [5.74, 6) is 0.867. The van der Waals surface area contributed by atoms with Gasteiger partial charge in [0, 0.05) is 37.0 Å². The number of hydroxylamine groups is 2. The fourth-order valence-corrected chi connectivity index (χ4v) is 1.66. The van der Waals surface area contributed by atoms with Crippen LogP contribution in [0.2, 0.25) is 0 Å². The zero-order chi connectivity index (χ0) is 13.4. The third-order valence-corrected chi connectivity index (χ3v) is 2.57. The number of halogens is 2. The van der Waals surface area contributed by atoms with Crippen LogP contribution in [0.25, 0.3) is 0 Å². The molecule has 1 rings (SSSR count). The molecular weight excluding hydrogens is 279 g/mol. The SMILES string of the molecule is [O-][NH+](O)c1ccc(CN(CCCl)OCCCl)cc1. The molecule has 0 aliphatic carbocycles. The maximum absolute atomic E-state index is 10.7. The highest BCUT2D eigenvalue weighted by atomic mass is 35.5. The smallest absolute Gasteiger partial charge is 0.163 e. The van der Waals surface area contributed by atoms with E-state index >= 15 is 0 Å². The minimum Gasteiger partial charge on any atom is -0.595 e. The molecule has 1 unspecified atom stereocenters. The maximum Gasteiger partial charge on any atom is 0.163 e. The molecule has 5 nitrogen and oxygen atoms in total. The van der Waals surface area contributed by atoms with Crippen molar-refractivity contribution in [3.05, 3.63) is 35.0 Å². The molecule has 18 heavy (non-hydrogen) atoms. The van der Waals surface area contributed by atoms with Crippen molar-refractivity contribution in [2.75, 3.05) is 24.9 Å². The Kier molecular flexibility index (Phi) is 7.53. The molecule has 0 saturated heterocycles. The van der Waals surface area contributed by atoms with Gasteiger partial charge in [0.05, 0.1) is 6.61 Å². The summed E-state index contributed by atoms with van der Waals surface area (Å²) in [6.07, 6.45) is 0. The quantitative estimate of drug-likeness (QED) is 0.560. The van der Waals surface area contributed by atoms with Gasteiger partial charge < -0.3 is 5.21 Å². The van der Waals surface area contributed by atoms with Crippen LogP contribution in [0.3, 0.4) is 0 Å². The zero-order valence-corrected chi connectivity index (χ0v) is 11.3. The van der Waals surface area contributed by atoms with E-state index < -0.39 is 5.23 Å². The van der Waals surface area contributed by atoms with E-state index in [-0.39, 0.29) is 5.69 Å². The Balaban J connectivity index is 2.56. The van der Waals surface area contributed by atoms with Gasteiger partial charge in [-0.25, -0.2) is 5.21 Å². The zero-order valence-electron chi connectivity index (χ0n) is 9.81. The topological polar surface area (TPSA) is 60.2 Å². The molecule has 0 amide bonds. The number of hydrogen-bond donors (Lipinski definition) is 2. The molecule has 7 heteroatoms. The molecular formula is C11H16Cl2N2O3. The van der Waals surface area contributed by atoms with E-state index in [1.807, 2.05) is 0 Å². The number of nitrogens with one attached hydrogen (secondary N) is 1. The normalized spacial score (nSPS) is 12.9. The van der Waals surface area contributed by atoms with Gasteiger partial charge in [0.25, 0.3) is 0 Å². The second-order valence-electron chi connectivity index (χ2n) is 3.58. The molecule has 0 heterocycles.